The molecule has 0 spiro atoms. The third-order valence-electron chi connectivity index (χ3n) is 2.80. The lowest BCUT2D eigenvalue weighted by atomic mass is 10.2. The van der Waals surface area contributed by atoms with E-state index in [1.807, 2.05) is 0 Å². The highest BCUT2D eigenvalue weighted by Crippen LogP contribution is 2.16. The first-order valence-corrected chi connectivity index (χ1v) is 8.30. The van der Waals surface area contributed by atoms with Crippen LogP contribution in [0.2, 0.25) is 0 Å². The predicted octanol–water partition coefficient (Wildman–Crippen LogP) is 2.61. The number of carbonyl (C=O) groups excluding carboxylic acids is 1. The van der Waals surface area contributed by atoms with Gasteiger partial charge in [-0.15, -0.1) is 0 Å². The number of hydrogen-bond acceptors (Lipinski definition) is 3. The van der Waals surface area contributed by atoms with Crippen LogP contribution in [0.1, 0.15) is 10.4 Å². The van der Waals surface area contributed by atoms with E-state index in [9.17, 15) is 13.2 Å². The van der Waals surface area contributed by atoms with E-state index in [1.54, 1.807) is 36.4 Å². The zero-order chi connectivity index (χ0) is 15.5. The van der Waals surface area contributed by atoms with Gasteiger partial charge in [-0.3, -0.25) is 4.79 Å². The van der Waals surface area contributed by atoms with Crippen molar-refractivity contribution in [1.29, 1.82) is 0 Å². The second-order valence-electron chi connectivity index (χ2n) is 4.19. The van der Waals surface area contributed by atoms with E-state index in [0.29, 0.717) is 11.3 Å². The molecule has 2 rings (SSSR count). The summed E-state index contributed by atoms with van der Waals surface area (Å²) in [4.78, 5) is 12.2. The van der Waals surface area contributed by atoms with Crippen molar-refractivity contribution in [3.63, 3.8) is 0 Å². The largest absolute Gasteiger partial charge is 0.322 e. The summed E-state index contributed by atoms with van der Waals surface area (Å²) in [7, 11) is -2.12. The topological polar surface area (TPSA) is 75.3 Å². The average molecular weight is 369 g/mol. The minimum Gasteiger partial charge on any atom is -0.322 e. The molecule has 0 aliphatic heterocycles. The Labute approximate surface area is 131 Å². The SMILES string of the molecule is CNS(=O)(=O)c1ccc(NC(=O)c2ccc(Br)cc2)cc1. The Balaban J connectivity index is 2.13. The summed E-state index contributed by atoms with van der Waals surface area (Å²) >= 11 is 3.30. The Kier molecular flexibility index (Phi) is 4.76. The molecule has 5 nitrogen and oxygen atoms in total. The van der Waals surface area contributed by atoms with Crippen molar-refractivity contribution in [3.05, 3.63) is 58.6 Å². The van der Waals surface area contributed by atoms with Gasteiger partial charge in [0, 0.05) is 15.7 Å². The summed E-state index contributed by atoms with van der Waals surface area (Å²) in [5.74, 6) is -0.258. The maximum atomic E-state index is 12.0. The van der Waals surface area contributed by atoms with Crippen LogP contribution in [0.5, 0.6) is 0 Å². The number of hydrogen-bond donors (Lipinski definition) is 2. The molecule has 0 radical (unpaired) electrons. The van der Waals surface area contributed by atoms with Gasteiger partial charge in [-0.25, -0.2) is 13.1 Å². The van der Waals surface area contributed by atoms with Gasteiger partial charge < -0.3 is 5.32 Å². The standard InChI is InChI=1S/C14H13BrN2O3S/c1-16-21(19,20)13-8-6-12(7-9-13)17-14(18)10-2-4-11(15)5-3-10/h2-9,16H,1H3,(H,17,18). The lowest BCUT2D eigenvalue weighted by Crippen LogP contribution is -2.18. The molecule has 0 aliphatic carbocycles. The van der Waals surface area contributed by atoms with Crippen LogP contribution in [0.3, 0.4) is 0 Å². The fraction of sp³-hybridized carbons (Fsp3) is 0.0714. The second-order valence-corrected chi connectivity index (χ2v) is 7.00. The molecule has 2 N–H and O–H groups in total. The van der Waals surface area contributed by atoms with Crippen molar-refractivity contribution in [2.75, 3.05) is 12.4 Å². The summed E-state index contributed by atoms with van der Waals surface area (Å²) in [6.07, 6.45) is 0. The van der Waals surface area contributed by atoms with Crippen LogP contribution in [0, 0.1) is 0 Å². The highest BCUT2D eigenvalue weighted by molar-refractivity contribution is 9.10. The van der Waals surface area contributed by atoms with E-state index >= 15 is 0 Å². The van der Waals surface area contributed by atoms with Crippen LogP contribution in [0.25, 0.3) is 0 Å². The van der Waals surface area contributed by atoms with E-state index in [-0.39, 0.29) is 10.8 Å². The van der Waals surface area contributed by atoms with Crippen molar-refractivity contribution in [2.24, 2.45) is 0 Å². The van der Waals surface area contributed by atoms with Crippen molar-refractivity contribution in [3.8, 4) is 0 Å². The molecule has 0 fully saturated rings. The second kappa shape index (κ2) is 6.38. The van der Waals surface area contributed by atoms with E-state index in [0.717, 1.165) is 4.47 Å². The van der Waals surface area contributed by atoms with Crippen LogP contribution in [0.4, 0.5) is 5.69 Å². The van der Waals surface area contributed by atoms with Gasteiger partial charge in [0.2, 0.25) is 10.0 Å². The van der Waals surface area contributed by atoms with E-state index < -0.39 is 10.0 Å². The molecule has 0 heterocycles. The Morgan fingerprint density at radius 1 is 1.00 bits per heavy atom. The van der Waals surface area contributed by atoms with Crippen molar-refractivity contribution < 1.29 is 13.2 Å². The van der Waals surface area contributed by atoms with Crippen molar-refractivity contribution in [2.45, 2.75) is 4.90 Å². The molecule has 0 aromatic heterocycles. The number of anilines is 1. The van der Waals surface area contributed by atoms with Gasteiger partial charge in [-0.2, -0.15) is 0 Å². The molecule has 0 saturated carbocycles. The Morgan fingerprint density at radius 2 is 1.57 bits per heavy atom. The summed E-state index contributed by atoms with van der Waals surface area (Å²) in [6.45, 7) is 0. The first-order valence-electron chi connectivity index (χ1n) is 6.03. The Hall–Kier alpha value is -1.70. The summed E-state index contributed by atoms with van der Waals surface area (Å²) in [5.41, 5.74) is 1.04. The minimum atomic E-state index is -3.47. The van der Waals surface area contributed by atoms with Crippen LogP contribution < -0.4 is 10.0 Å². The molecule has 1 amide bonds. The third kappa shape index (κ3) is 3.90. The molecule has 0 bridgehead atoms. The molecule has 7 heteroatoms. The Morgan fingerprint density at radius 3 is 2.10 bits per heavy atom. The lowest BCUT2D eigenvalue weighted by molar-refractivity contribution is 0.102. The number of benzene rings is 2. The number of halogens is 1. The molecule has 21 heavy (non-hydrogen) atoms. The van der Waals surface area contributed by atoms with Crippen molar-refractivity contribution >= 4 is 37.5 Å². The van der Waals surface area contributed by atoms with Crippen LogP contribution >= 0.6 is 15.9 Å². The normalized spacial score (nSPS) is 11.1. The number of sulfonamides is 1. The van der Waals surface area contributed by atoms with Crippen LogP contribution in [-0.4, -0.2) is 21.4 Å². The van der Waals surface area contributed by atoms with E-state index in [1.165, 1.54) is 19.2 Å². The predicted molar refractivity (Wildman–Crippen MR) is 84.8 cm³/mol. The quantitative estimate of drug-likeness (QED) is 0.870. The summed E-state index contributed by atoms with van der Waals surface area (Å²) in [6, 6.07) is 12.9. The Bertz CT molecular complexity index is 741. The monoisotopic (exact) mass is 368 g/mol. The molecule has 2 aromatic carbocycles. The molecule has 0 unspecified atom stereocenters. The number of carbonyl (C=O) groups is 1. The van der Waals surface area contributed by atoms with Gasteiger partial charge in [-0.1, -0.05) is 15.9 Å². The third-order valence-corrected chi connectivity index (χ3v) is 4.76. The van der Waals surface area contributed by atoms with Gasteiger partial charge in [0.25, 0.3) is 5.91 Å². The van der Waals surface area contributed by atoms with Crippen LogP contribution in [0.15, 0.2) is 57.9 Å². The van der Waals surface area contributed by atoms with Gasteiger partial charge in [-0.05, 0) is 55.6 Å². The van der Waals surface area contributed by atoms with Gasteiger partial charge >= 0.3 is 0 Å². The number of rotatable bonds is 4. The van der Waals surface area contributed by atoms with Gasteiger partial charge in [0.15, 0.2) is 0 Å². The maximum Gasteiger partial charge on any atom is 0.255 e. The lowest BCUT2D eigenvalue weighted by Gasteiger charge is -2.07. The van der Waals surface area contributed by atoms with Gasteiger partial charge in [0.05, 0.1) is 4.90 Å². The molecule has 0 saturated heterocycles. The number of nitrogens with one attached hydrogen (secondary N) is 2. The van der Waals surface area contributed by atoms with Crippen LogP contribution in [-0.2, 0) is 10.0 Å². The first kappa shape index (κ1) is 15.7. The van der Waals surface area contributed by atoms with E-state index in [4.69, 9.17) is 0 Å². The zero-order valence-corrected chi connectivity index (χ0v) is 13.5. The molecule has 2 aromatic rings. The average Bonchev–Trinajstić information content (AvgIpc) is 2.48. The van der Waals surface area contributed by atoms with Gasteiger partial charge in [0.1, 0.15) is 0 Å². The number of amides is 1. The molecule has 0 aliphatic rings. The minimum absolute atomic E-state index is 0.145. The first-order chi connectivity index (χ1) is 9.92. The smallest absolute Gasteiger partial charge is 0.255 e. The molecular weight excluding hydrogens is 356 g/mol. The maximum absolute atomic E-state index is 12.0. The zero-order valence-electron chi connectivity index (χ0n) is 11.1. The molecule has 110 valence electrons. The molecular formula is C14H13BrN2O3S. The fourth-order valence-electron chi connectivity index (χ4n) is 1.64. The fourth-order valence-corrected chi connectivity index (χ4v) is 2.63. The highest BCUT2D eigenvalue weighted by Gasteiger charge is 2.11. The summed E-state index contributed by atoms with van der Waals surface area (Å²) < 4.78 is 26.3. The van der Waals surface area contributed by atoms with E-state index in [2.05, 4.69) is 26.0 Å². The summed E-state index contributed by atoms with van der Waals surface area (Å²) in [5, 5.41) is 2.70. The molecule has 0 atom stereocenters. The highest BCUT2D eigenvalue weighted by atomic mass is 79.9. The van der Waals surface area contributed by atoms with Crippen molar-refractivity contribution in [1.82, 2.24) is 4.72 Å².